The molecule has 0 aliphatic rings. The molecule has 0 fully saturated rings. The Kier molecular flexibility index (Phi) is 4.50. The minimum atomic E-state index is -4.14. The Morgan fingerprint density at radius 2 is 1.86 bits per heavy atom. The Hall–Kier alpha value is -1.64. The van der Waals surface area contributed by atoms with Crippen molar-refractivity contribution in [2.75, 3.05) is 4.72 Å². The summed E-state index contributed by atoms with van der Waals surface area (Å²) in [6.07, 6.45) is 0. The summed E-state index contributed by atoms with van der Waals surface area (Å²) < 4.78 is 27.5. The van der Waals surface area contributed by atoms with E-state index in [1.54, 1.807) is 18.2 Å². The van der Waals surface area contributed by atoms with Gasteiger partial charge in [0.05, 0.1) is 10.6 Å². The summed E-state index contributed by atoms with van der Waals surface area (Å²) >= 11 is 8.93. The zero-order valence-electron chi connectivity index (χ0n) is 10.3. The number of hydrogen-bond acceptors (Lipinski definition) is 4. The summed E-state index contributed by atoms with van der Waals surface area (Å²) in [5, 5.41) is 11.1. The Bertz CT molecular complexity index is 811. The van der Waals surface area contributed by atoms with Crippen LogP contribution in [0.15, 0.2) is 51.8 Å². The molecule has 0 amide bonds. The third-order valence-electron chi connectivity index (χ3n) is 2.53. The van der Waals surface area contributed by atoms with E-state index in [1.165, 1.54) is 12.1 Å². The van der Waals surface area contributed by atoms with E-state index in [1.807, 2.05) is 0 Å². The molecule has 2 aromatic rings. The van der Waals surface area contributed by atoms with Gasteiger partial charge in [0.25, 0.3) is 15.7 Å². The number of benzene rings is 2. The van der Waals surface area contributed by atoms with E-state index >= 15 is 0 Å². The first-order chi connectivity index (χ1) is 9.81. The molecule has 0 saturated carbocycles. The van der Waals surface area contributed by atoms with Crippen molar-refractivity contribution in [1.29, 1.82) is 0 Å². The van der Waals surface area contributed by atoms with Crippen molar-refractivity contribution in [2.24, 2.45) is 0 Å². The topological polar surface area (TPSA) is 89.3 Å². The predicted octanol–water partition coefficient (Wildman–Crippen LogP) is 3.81. The van der Waals surface area contributed by atoms with Crippen LogP contribution in [-0.4, -0.2) is 13.3 Å². The maximum atomic E-state index is 12.3. The largest absolute Gasteiger partial charge is 0.289 e. The summed E-state index contributed by atoms with van der Waals surface area (Å²) in [7, 11) is -4.14. The van der Waals surface area contributed by atoms with Gasteiger partial charge in [0.2, 0.25) is 0 Å². The van der Waals surface area contributed by atoms with Crippen LogP contribution in [0, 0.1) is 10.1 Å². The van der Waals surface area contributed by atoms with E-state index in [9.17, 15) is 18.5 Å². The molecule has 0 heterocycles. The van der Waals surface area contributed by atoms with Crippen molar-refractivity contribution in [3.8, 4) is 0 Å². The molecule has 0 spiro atoms. The molecule has 21 heavy (non-hydrogen) atoms. The zero-order valence-corrected chi connectivity index (χ0v) is 13.4. The first-order valence-corrected chi connectivity index (χ1v) is 8.18. The zero-order chi connectivity index (χ0) is 15.6. The van der Waals surface area contributed by atoms with E-state index in [0.717, 1.165) is 12.1 Å². The Labute approximate surface area is 134 Å². The van der Waals surface area contributed by atoms with Crippen LogP contribution in [0.25, 0.3) is 0 Å². The smallest absolute Gasteiger partial charge is 0.278 e. The minimum absolute atomic E-state index is 0.0908. The van der Waals surface area contributed by atoms with Gasteiger partial charge >= 0.3 is 0 Å². The molecule has 0 unspecified atom stereocenters. The molecule has 110 valence electrons. The van der Waals surface area contributed by atoms with Crippen molar-refractivity contribution in [2.45, 2.75) is 4.90 Å². The molecule has 2 aromatic carbocycles. The number of anilines is 1. The summed E-state index contributed by atoms with van der Waals surface area (Å²) in [6.45, 7) is 0. The van der Waals surface area contributed by atoms with Crippen LogP contribution in [0.5, 0.6) is 0 Å². The van der Waals surface area contributed by atoms with Gasteiger partial charge in [-0.05, 0) is 40.2 Å². The molecule has 1 N–H and O–H groups in total. The number of nitro groups is 1. The first kappa shape index (κ1) is 15.7. The molecular weight excluding hydrogens is 384 g/mol. The third kappa shape index (κ3) is 3.52. The van der Waals surface area contributed by atoms with Crippen LogP contribution < -0.4 is 4.72 Å². The molecular formula is C12H8BrClN2O4S. The lowest BCUT2D eigenvalue weighted by Crippen LogP contribution is -2.15. The van der Waals surface area contributed by atoms with Crippen LogP contribution in [0.3, 0.4) is 0 Å². The van der Waals surface area contributed by atoms with E-state index < -0.39 is 25.5 Å². The quantitative estimate of drug-likeness (QED) is 0.634. The molecule has 0 aliphatic carbocycles. The van der Waals surface area contributed by atoms with Crippen molar-refractivity contribution >= 4 is 48.9 Å². The van der Waals surface area contributed by atoms with Crippen LogP contribution in [0.4, 0.5) is 11.4 Å². The maximum absolute atomic E-state index is 12.3. The summed E-state index contributed by atoms with van der Waals surface area (Å²) in [4.78, 5) is 9.70. The van der Waals surface area contributed by atoms with Crippen molar-refractivity contribution < 1.29 is 13.3 Å². The van der Waals surface area contributed by atoms with Crippen molar-refractivity contribution in [1.82, 2.24) is 0 Å². The lowest BCUT2D eigenvalue weighted by atomic mass is 10.3. The Morgan fingerprint density at radius 3 is 2.48 bits per heavy atom. The molecule has 0 aliphatic heterocycles. The van der Waals surface area contributed by atoms with Crippen LogP contribution in [0.2, 0.25) is 5.02 Å². The van der Waals surface area contributed by atoms with Gasteiger partial charge in [-0.2, -0.15) is 0 Å². The number of nitrogens with one attached hydrogen (secondary N) is 1. The highest BCUT2D eigenvalue weighted by molar-refractivity contribution is 9.10. The molecule has 0 aromatic heterocycles. The second kappa shape index (κ2) is 6.00. The van der Waals surface area contributed by atoms with E-state index in [-0.39, 0.29) is 10.7 Å². The fourth-order valence-electron chi connectivity index (χ4n) is 1.60. The standard InChI is InChI=1S/C12H8BrClN2O4S/c13-9-3-1-2-4-10(9)15-21(19,20)12-7-8(14)5-6-11(12)16(17)18/h1-7,15H. The molecule has 6 nitrogen and oxygen atoms in total. The van der Waals surface area contributed by atoms with Gasteiger partial charge in [-0.1, -0.05) is 23.7 Å². The number of sulfonamides is 1. The third-order valence-corrected chi connectivity index (χ3v) is 4.85. The normalized spacial score (nSPS) is 11.1. The first-order valence-electron chi connectivity index (χ1n) is 5.52. The van der Waals surface area contributed by atoms with Gasteiger partial charge in [0.15, 0.2) is 4.90 Å². The maximum Gasteiger partial charge on any atom is 0.289 e. The molecule has 0 radical (unpaired) electrons. The van der Waals surface area contributed by atoms with E-state index in [0.29, 0.717) is 4.47 Å². The highest BCUT2D eigenvalue weighted by atomic mass is 79.9. The highest BCUT2D eigenvalue weighted by Gasteiger charge is 2.26. The number of nitro benzene ring substituents is 1. The lowest BCUT2D eigenvalue weighted by molar-refractivity contribution is -0.387. The fraction of sp³-hybridized carbons (Fsp3) is 0. The van der Waals surface area contributed by atoms with Gasteiger partial charge in [0, 0.05) is 15.6 Å². The van der Waals surface area contributed by atoms with Gasteiger partial charge in [-0.25, -0.2) is 8.42 Å². The number of hydrogen-bond donors (Lipinski definition) is 1. The van der Waals surface area contributed by atoms with Gasteiger partial charge in [-0.15, -0.1) is 0 Å². The van der Waals surface area contributed by atoms with Crippen LogP contribution in [-0.2, 0) is 10.0 Å². The summed E-state index contributed by atoms with van der Waals surface area (Å²) in [5.41, 5.74) is -0.272. The average Bonchev–Trinajstić information content (AvgIpc) is 2.41. The van der Waals surface area contributed by atoms with Gasteiger partial charge in [-0.3, -0.25) is 14.8 Å². The van der Waals surface area contributed by atoms with Crippen LogP contribution in [0.1, 0.15) is 0 Å². The van der Waals surface area contributed by atoms with E-state index in [4.69, 9.17) is 11.6 Å². The Morgan fingerprint density at radius 1 is 1.19 bits per heavy atom. The SMILES string of the molecule is O=[N+]([O-])c1ccc(Cl)cc1S(=O)(=O)Nc1ccccc1Br. The fourth-order valence-corrected chi connectivity index (χ4v) is 3.63. The van der Waals surface area contributed by atoms with Crippen LogP contribution >= 0.6 is 27.5 Å². The summed E-state index contributed by atoms with van der Waals surface area (Å²) in [6, 6.07) is 9.87. The number of nitrogens with zero attached hydrogens (tertiary/aromatic N) is 1. The van der Waals surface area contributed by atoms with Crippen molar-refractivity contribution in [3.63, 3.8) is 0 Å². The molecule has 9 heteroatoms. The highest BCUT2D eigenvalue weighted by Crippen LogP contribution is 2.30. The minimum Gasteiger partial charge on any atom is -0.278 e. The molecule has 0 atom stereocenters. The lowest BCUT2D eigenvalue weighted by Gasteiger charge is -2.10. The average molecular weight is 392 g/mol. The van der Waals surface area contributed by atoms with E-state index in [2.05, 4.69) is 20.7 Å². The molecule has 0 saturated heterocycles. The molecule has 0 bridgehead atoms. The van der Waals surface area contributed by atoms with Gasteiger partial charge < -0.3 is 0 Å². The Balaban J connectivity index is 2.52. The monoisotopic (exact) mass is 390 g/mol. The number of halogens is 2. The van der Waals surface area contributed by atoms with Gasteiger partial charge in [0.1, 0.15) is 0 Å². The second-order valence-electron chi connectivity index (χ2n) is 3.95. The van der Waals surface area contributed by atoms with Crippen molar-refractivity contribution in [3.05, 3.63) is 62.1 Å². The number of para-hydroxylation sites is 1. The molecule has 2 rings (SSSR count). The predicted molar refractivity (Wildman–Crippen MR) is 83.1 cm³/mol. The number of rotatable bonds is 4. The second-order valence-corrected chi connectivity index (χ2v) is 6.90. The summed E-state index contributed by atoms with van der Waals surface area (Å²) in [5.74, 6) is 0.